The largest absolute Gasteiger partial charge is 0.497 e. The maximum atomic E-state index is 13.4. The van der Waals surface area contributed by atoms with Crippen molar-refractivity contribution in [1.29, 1.82) is 0 Å². The van der Waals surface area contributed by atoms with E-state index < -0.39 is 5.82 Å². The van der Waals surface area contributed by atoms with Gasteiger partial charge in [-0.2, -0.15) is 0 Å². The molecule has 0 saturated heterocycles. The zero-order valence-corrected chi connectivity index (χ0v) is 14.9. The number of aryl methyl sites for hydroxylation is 1. The minimum atomic E-state index is -0.451. The monoisotopic (exact) mass is 359 g/mol. The number of aromatic nitrogens is 2. The van der Waals surface area contributed by atoms with Gasteiger partial charge in [0.05, 0.1) is 17.6 Å². The van der Waals surface area contributed by atoms with Crippen molar-refractivity contribution >= 4 is 34.0 Å². The van der Waals surface area contributed by atoms with Gasteiger partial charge in [0.2, 0.25) is 0 Å². The van der Waals surface area contributed by atoms with Gasteiger partial charge in [-0.15, -0.1) is 0 Å². The Morgan fingerprint density at radius 2 is 2.04 bits per heavy atom. The third kappa shape index (κ3) is 3.82. The minimum absolute atomic E-state index is 0.0660. The molecule has 0 bridgehead atoms. The molecule has 1 N–H and O–H groups in total. The molecular weight excluding hydrogens is 341 g/mol. The van der Waals surface area contributed by atoms with Gasteiger partial charge in [0.15, 0.2) is 0 Å². The van der Waals surface area contributed by atoms with E-state index in [9.17, 15) is 4.39 Å². The Morgan fingerprint density at radius 1 is 1.20 bits per heavy atom. The van der Waals surface area contributed by atoms with Gasteiger partial charge in [-0.1, -0.05) is 24.9 Å². The molecule has 0 unspecified atom stereocenters. The van der Waals surface area contributed by atoms with E-state index >= 15 is 0 Å². The predicted molar refractivity (Wildman–Crippen MR) is 99.4 cm³/mol. The van der Waals surface area contributed by atoms with Crippen molar-refractivity contribution in [3.05, 3.63) is 53.1 Å². The van der Waals surface area contributed by atoms with Gasteiger partial charge in [0, 0.05) is 17.1 Å². The second kappa shape index (κ2) is 7.66. The summed E-state index contributed by atoms with van der Waals surface area (Å²) in [6.07, 6.45) is 4.54. The van der Waals surface area contributed by atoms with E-state index in [0.29, 0.717) is 11.5 Å². The summed E-state index contributed by atoms with van der Waals surface area (Å²) in [5, 5.41) is 4.23. The topological polar surface area (TPSA) is 47.0 Å². The average molecular weight is 360 g/mol. The number of benzene rings is 2. The van der Waals surface area contributed by atoms with Crippen LogP contribution in [0.3, 0.4) is 0 Å². The summed E-state index contributed by atoms with van der Waals surface area (Å²) in [6, 6.07) is 8.40. The molecule has 4 nitrogen and oxygen atoms in total. The summed E-state index contributed by atoms with van der Waals surface area (Å²) < 4.78 is 18.8. The molecule has 0 saturated carbocycles. The van der Waals surface area contributed by atoms with E-state index in [0.717, 1.165) is 41.5 Å². The van der Waals surface area contributed by atoms with E-state index in [1.54, 1.807) is 19.2 Å². The van der Waals surface area contributed by atoms with Crippen LogP contribution in [0.1, 0.15) is 25.3 Å². The molecule has 0 aliphatic heterocycles. The Morgan fingerprint density at radius 3 is 2.76 bits per heavy atom. The molecule has 0 fully saturated rings. The smallest absolute Gasteiger partial charge is 0.141 e. The number of nitrogens with one attached hydrogen (secondary N) is 1. The van der Waals surface area contributed by atoms with Crippen molar-refractivity contribution in [2.24, 2.45) is 0 Å². The Balaban J connectivity index is 2.09. The fourth-order valence-electron chi connectivity index (χ4n) is 2.73. The zero-order chi connectivity index (χ0) is 17.8. The van der Waals surface area contributed by atoms with Crippen molar-refractivity contribution in [3.63, 3.8) is 0 Å². The van der Waals surface area contributed by atoms with Crippen LogP contribution in [0.2, 0.25) is 5.02 Å². The molecular formula is C19H19ClFN3O. The molecule has 6 heteroatoms. The quantitative estimate of drug-likeness (QED) is 0.629. The number of nitrogens with zero attached hydrogens (tertiary/aromatic N) is 2. The summed E-state index contributed by atoms with van der Waals surface area (Å²) in [5.41, 5.74) is 2.59. The Labute approximate surface area is 151 Å². The Kier molecular flexibility index (Phi) is 5.34. The highest BCUT2D eigenvalue weighted by Gasteiger charge is 2.12. The average Bonchev–Trinajstić information content (AvgIpc) is 2.62. The molecule has 0 radical (unpaired) electrons. The molecule has 2 aromatic carbocycles. The normalized spacial score (nSPS) is 10.9. The molecule has 0 aliphatic rings. The summed E-state index contributed by atoms with van der Waals surface area (Å²) >= 11 is 5.87. The predicted octanol–water partition coefficient (Wildman–Crippen LogP) is 5.52. The molecule has 0 atom stereocenters. The van der Waals surface area contributed by atoms with Gasteiger partial charge in [0.25, 0.3) is 0 Å². The lowest BCUT2D eigenvalue weighted by Gasteiger charge is -2.14. The van der Waals surface area contributed by atoms with Gasteiger partial charge in [-0.25, -0.2) is 14.4 Å². The number of rotatable bonds is 6. The molecule has 3 rings (SSSR count). The fourth-order valence-corrected chi connectivity index (χ4v) is 2.91. The van der Waals surface area contributed by atoms with Crippen LogP contribution in [-0.2, 0) is 6.42 Å². The van der Waals surface area contributed by atoms with Crippen molar-refractivity contribution in [3.8, 4) is 5.75 Å². The van der Waals surface area contributed by atoms with Crippen LogP contribution >= 0.6 is 11.6 Å². The van der Waals surface area contributed by atoms with E-state index in [2.05, 4.69) is 22.2 Å². The van der Waals surface area contributed by atoms with E-state index in [-0.39, 0.29) is 5.02 Å². The molecule has 130 valence electrons. The summed E-state index contributed by atoms with van der Waals surface area (Å²) in [6.45, 7) is 2.15. The van der Waals surface area contributed by atoms with E-state index in [1.807, 2.05) is 12.1 Å². The molecule has 25 heavy (non-hydrogen) atoms. The first kappa shape index (κ1) is 17.4. The third-order valence-corrected chi connectivity index (χ3v) is 4.30. The number of hydrogen-bond acceptors (Lipinski definition) is 4. The lowest BCUT2D eigenvalue weighted by molar-refractivity contribution is 0.415. The number of methoxy groups -OCH3 is 1. The SMILES string of the molecule is CCCCc1cc(OC)cc2ncnc(Nc3ccc(F)c(Cl)c3)c12. The first-order chi connectivity index (χ1) is 12.1. The second-order valence-corrected chi connectivity index (χ2v) is 6.17. The maximum absolute atomic E-state index is 13.4. The van der Waals surface area contributed by atoms with E-state index in [1.165, 1.54) is 12.4 Å². The number of hydrogen-bond donors (Lipinski definition) is 1. The summed E-state index contributed by atoms with van der Waals surface area (Å²) in [7, 11) is 1.64. The van der Waals surface area contributed by atoms with Gasteiger partial charge in [-0.3, -0.25) is 0 Å². The fraction of sp³-hybridized carbons (Fsp3) is 0.263. The van der Waals surface area contributed by atoms with Crippen LogP contribution in [-0.4, -0.2) is 17.1 Å². The number of halogens is 2. The van der Waals surface area contributed by atoms with Crippen molar-refractivity contribution in [2.45, 2.75) is 26.2 Å². The van der Waals surface area contributed by atoms with E-state index in [4.69, 9.17) is 16.3 Å². The van der Waals surface area contributed by atoms with Gasteiger partial charge < -0.3 is 10.1 Å². The third-order valence-electron chi connectivity index (χ3n) is 4.01. The Hall–Kier alpha value is -2.40. The highest BCUT2D eigenvalue weighted by molar-refractivity contribution is 6.31. The zero-order valence-electron chi connectivity index (χ0n) is 14.1. The standard InChI is InChI=1S/C19H19ClFN3O/c1-3-4-5-12-8-14(25-2)10-17-18(12)19(23-11-22-17)24-13-6-7-16(21)15(20)9-13/h6-11H,3-5H2,1-2H3,(H,22,23,24). The van der Waals surface area contributed by atoms with Crippen LogP contribution in [0, 0.1) is 5.82 Å². The lowest BCUT2D eigenvalue weighted by atomic mass is 10.0. The van der Waals surface area contributed by atoms with Crippen LogP contribution < -0.4 is 10.1 Å². The highest BCUT2D eigenvalue weighted by Crippen LogP contribution is 2.32. The van der Waals surface area contributed by atoms with Gasteiger partial charge in [-0.05, 0) is 42.7 Å². The number of fused-ring (bicyclic) bond motifs is 1. The Bertz CT molecular complexity index is 901. The van der Waals surface area contributed by atoms with Crippen LogP contribution in [0.5, 0.6) is 5.75 Å². The minimum Gasteiger partial charge on any atom is -0.497 e. The van der Waals surface area contributed by atoms with Gasteiger partial charge in [0.1, 0.15) is 23.7 Å². The highest BCUT2D eigenvalue weighted by atomic mass is 35.5. The van der Waals surface area contributed by atoms with Crippen LogP contribution in [0.25, 0.3) is 10.9 Å². The number of unbranched alkanes of at least 4 members (excludes halogenated alkanes) is 1. The second-order valence-electron chi connectivity index (χ2n) is 5.76. The van der Waals surface area contributed by atoms with Crippen LogP contribution in [0.4, 0.5) is 15.9 Å². The van der Waals surface area contributed by atoms with Crippen LogP contribution in [0.15, 0.2) is 36.7 Å². The molecule has 1 heterocycles. The van der Waals surface area contributed by atoms with Crippen molar-refractivity contribution in [2.75, 3.05) is 12.4 Å². The lowest BCUT2D eigenvalue weighted by Crippen LogP contribution is -2.00. The molecule has 0 amide bonds. The first-order valence-corrected chi connectivity index (χ1v) is 8.54. The van der Waals surface area contributed by atoms with Gasteiger partial charge >= 0.3 is 0 Å². The summed E-state index contributed by atoms with van der Waals surface area (Å²) in [5.74, 6) is 0.989. The van der Waals surface area contributed by atoms with Crippen molar-refractivity contribution < 1.29 is 9.13 Å². The van der Waals surface area contributed by atoms with Crippen molar-refractivity contribution in [1.82, 2.24) is 9.97 Å². The number of ether oxygens (including phenoxy) is 1. The first-order valence-electron chi connectivity index (χ1n) is 8.16. The number of anilines is 2. The maximum Gasteiger partial charge on any atom is 0.141 e. The molecule has 0 spiro atoms. The summed E-state index contributed by atoms with van der Waals surface area (Å²) in [4.78, 5) is 8.75. The molecule has 3 aromatic rings. The molecule has 0 aliphatic carbocycles. The molecule has 1 aromatic heterocycles.